The Hall–Kier alpha value is -1.51. The van der Waals surface area contributed by atoms with Crippen LogP contribution in [0.2, 0.25) is 0 Å². The number of hydrogen-bond acceptors (Lipinski definition) is 11. The van der Waals surface area contributed by atoms with E-state index in [9.17, 15) is 24.2 Å². The molecule has 15 nitrogen and oxygen atoms in total. The molecule has 0 radical (unpaired) electrons. The second-order valence-corrected chi connectivity index (χ2v) is 8.94. The number of aliphatic hydroxyl groups excluding tert-OH is 1. The third-order valence-electron chi connectivity index (χ3n) is 4.08. The zero-order valence-electron chi connectivity index (χ0n) is 14.1. The first-order chi connectivity index (χ1) is 12.8. The molecule has 2 aromatic heterocycles. The van der Waals surface area contributed by atoms with Crippen molar-refractivity contribution in [3.63, 3.8) is 0 Å². The Labute approximate surface area is 156 Å². The summed E-state index contributed by atoms with van der Waals surface area (Å²) < 4.78 is 37.2. The van der Waals surface area contributed by atoms with Gasteiger partial charge in [-0.15, -0.1) is 0 Å². The number of phosphoric acid groups is 2. The molecule has 0 amide bonds. The molecule has 2 aromatic rings. The highest BCUT2D eigenvalue weighted by Crippen LogP contribution is 2.58. The van der Waals surface area contributed by atoms with E-state index in [0.717, 1.165) is 6.33 Å². The maximum atomic E-state index is 11.6. The zero-order valence-corrected chi connectivity index (χ0v) is 15.9. The summed E-state index contributed by atoms with van der Waals surface area (Å²) in [5.74, 6) is 0.0821. The summed E-state index contributed by atoms with van der Waals surface area (Å²) in [5.41, 5.74) is 4.14. The first-order valence-electron chi connectivity index (χ1n) is 7.55. The minimum absolute atomic E-state index is 0.0821. The number of aromatic nitrogens is 4. The number of phosphoric ester groups is 1. The number of nitrogens with zero attached hydrogens (tertiary/aromatic N) is 4. The van der Waals surface area contributed by atoms with E-state index in [2.05, 4.69) is 23.8 Å². The van der Waals surface area contributed by atoms with Gasteiger partial charge in [-0.2, -0.15) is 4.31 Å². The van der Waals surface area contributed by atoms with Crippen LogP contribution in [-0.4, -0.2) is 68.8 Å². The molecule has 1 saturated heterocycles. The van der Waals surface area contributed by atoms with Crippen molar-refractivity contribution >= 4 is 32.6 Å². The smallest absolute Gasteiger partial charge is 0.385 e. The van der Waals surface area contributed by atoms with Gasteiger partial charge in [-0.05, 0) is 6.92 Å². The maximum absolute atomic E-state index is 11.6. The molecule has 3 rings (SSSR count). The van der Waals surface area contributed by atoms with Crippen molar-refractivity contribution in [1.29, 1.82) is 0 Å². The van der Waals surface area contributed by atoms with E-state index in [1.165, 1.54) is 17.8 Å². The molecule has 0 bridgehead atoms. The molecule has 1 aliphatic heterocycles. The van der Waals surface area contributed by atoms with E-state index in [1.54, 1.807) is 0 Å². The van der Waals surface area contributed by atoms with Gasteiger partial charge in [0.25, 0.3) is 0 Å². The van der Waals surface area contributed by atoms with E-state index in [4.69, 9.17) is 20.3 Å². The number of nitrogens with two attached hydrogens (primary N) is 1. The van der Waals surface area contributed by atoms with Crippen molar-refractivity contribution in [2.24, 2.45) is 0 Å². The second-order valence-electron chi connectivity index (χ2n) is 6.11. The molecule has 0 aliphatic carbocycles. The maximum Gasteiger partial charge on any atom is 0.481 e. The molecule has 28 heavy (non-hydrogen) atoms. The van der Waals surface area contributed by atoms with Crippen molar-refractivity contribution in [3.8, 4) is 0 Å². The normalized spacial score (nSPS) is 30.6. The molecule has 1 aliphatic rings. The molecule has 0 spiro atoms. The summed E-state index contributed by atoms with van der Waals surface area (Å²) in [6.45, 7) is 0.346. The molecule has 5 atom stereocenters. The Kier molecular flexibility index (Phi) is 5.36. The highest BCUT2D eigenvalue weighted by molar-refractivity contribution is 7.60. The van der Waals surface area contributed by atoms with Crippen molar-refractivity contribution in [2.75, 3.05) is 12.3 Å². The van der Waals surface area contributed by atoms with Crippen LogP contribution in [0.25, 0.3) is 11.2 Å². The molecule has 17 heteroatoms. The van der Waals surface area contributed by atoms with Crippen LogP contribution in [0.1, 0.15) is 13.2 Å². The topological polar surface area (TPSA) is 233 Å². The van der Waals surface area contributed by atoms with Crippen molar-refractivity contribution in [3.05, 3.63) is 12.7 Å². The fourth-order valence-electron chi connectivity index (χ4n) is 2.66. The van der Waals surface area contributed by atoms with Gasteiger partial charge in [0.2, 0.25) is 0 Å². The number of fused-ring (bicyclic) bond motifs is 1. The van der Waals surface area contributed by atoms with E-state index in [0.29, 0.717) is 0 Å². The van der Waals surface area contributed by atoms with Gasteiger partial charge >= 0.3 is 15.6 Å². The first-order valence-corrected chi connectivity index (χ1v) is 10.6. The van der Waals surface area contributed by atoms with Crippen molar-refractivity contribution in [1.82, 2.24) is 19.5 Å². The number of aliphatic hydroxyl groups is 2. The number of ether oxygens (including phenoxy) is 1. The van der Waals surface area contributed by atoms with Gasteiger partial charge in [0.1, 0.15) is 29.7 Å². The van der Waals surface area contributed by atoms with Crippen LogP contribution < -0.4 is 5.73 Å². The largest absolute Gasteiger partial charge is 0.481 e. The third kappa shape index (κ3) is 4.09. The lowest BCUT2D eigenvalue weighted by Crippen LogP contribution is -2.46. The molecule has 7 N–H and O–H groups in total. The number of imidazole rings is 1. The highest BCUT2D eigenvalue weighted by atomic mass is 31.3. The van der Waals surface area contributed by atoms with Gasteiger partial charge in [0.15, 0.2) is 17.7 Å². The molecule has 156 valence electrons. The number of nitrogen functional groups attached to an aromatic ring is 1. The van der Waals surface area contributed by atoms with Gasteiger partial charge in [0, 0.05) is 0 Å². The molecule has 1 unspecified atom stereocenters. The van der Waals surface area contributed by atoms with Gasteiger partial charge < -0.3 is 35.4 Å². The molecule has 3 heterocycles. The van der Waals surface area contributed by atoms with E-state index >= 15 is 0 Å². The minimum Gasteiger partial charge on any atom is -0.385 e. The standard InChI is InChI=1S/C11H17N5O10P2/c1-11(18)5(2-24-28(22,23)26-27(19,20)21)25-10(7(11)17)16-4-15-6-8(12)13-3-14-9(6)16/h3-5,7,10,17-18H,2H2,1H3,(H,22,23)(H2,12,13,14)(H2,19,20,21)/t5-,7+,10-,11-/m1/s1. The Morgan fingerprint density at radius 2 is 2.00 bits per heavy atom. The SMILES string of the molecule is C[C@@]1(O)[C@@H](COP(=O)(O)OP(=O)(O)O)O[C@@H](n2cnc3c(N)ncnc32)[C@@H]1O. The molecule has 0 saturated carbocycles. The predicted octanol–water partition coefficient (Wildman–Crippen LogP) is -1.36. The summed E-state index contributed by atoms with van der Waals surface area (Å²) in [6, 6.07) is 0. The van der Waals surface area contributed by atoms with Crippen LogP contribution in [0, 0.1) is 0 Å². The fourth-order valence-corrected chi connectivity index (χ4v) is 4.25. The first kappa shape index (κ1) is 21.2. The number of rotatable bonds is 6. The fraction of sp³-hybridized carbons (Fsp3) is 0.545. The van der Waals surface area contributed by atoms with E-state index in [1.807, 2.05) is 0 Å². The lowest BCUT2D eigenvalue weighted by Gasteiger charge is -2.26. The molecule has 1 fully saturated rings. The van der Waals surface area contributed by atoms with Crippen LogP contribution in [0.15, 0.2) is 12.7 Å². The van der Waals surface area contributed by atoms with Crippen molar-refractivity contribution < 1.29 is 47.6 Å². The Morgan fingerprint density at radius 1 is 1.32 bits per heavy atom. The zero-order chi connectivity index (χ0) is 20.9. The van der Waals surface area contributed by atoms with Crippen LogP contribution in [0.5, 0.6) is 0 Å². The van der Waals surface area contributed by atoms with Crippen LogP contribution in [0.3, 0.4) is 0 Å². The summed E-state index contributed by atoms with van der Waals surface area (Å²) in [5, 5.41) is 21.0. The summed E-state index contributed by atoms with van der Waals surface area (Å²) in [7, 11) is -10.5. The van der Waals surface area contributed by atoms with Gasteiger partial charge in [-0.25, -0.2) is 24.1 Å². The summed E-state index contributed by atoms with van der Waals surface area (Å²) in [4.78, 5) is 38.3. The quantitative estimate of drug-likeness (QED) is 0.284. The van der Waals surface area contributed by atoms with E-state index < -0.39 is 46.3 Å². The lowest BCUT2D eigenvalue weighted by atomic mass is 9.95. The van der Waals surface area contributed by atoms with Crippen LogP contribution in [0.4, 0.5) is 5.82 Å². The van der Waals surface area contributed by atoms with Crippen LogP contribution in [-0.2, 0) is 22.7 Å². The monoisotopic (exact) mass is 441 g/mol. The number of hydrogen-bond donors (Lipinski definition) is 6. The third-order valence-corrected chi connectivity index (χ3v) is 6.24. The minimum atomic E-state index is -5.31. The van der Waals surface area contributed by atoms with Gasteiger partial charge in [0.05, 0.1) is 12.9 Å². The van der Waals surface area contributed by atoms with Gasteiger partial charge in [-0.1, -0.05) is 0 Å². The Bertz CT molecular complexity index is 976. The predicted molar refractivity (Wildman–Crippen MR) is 89.2 cm³/mol. The molecular weight excluding hydrogens is 424 g/mol. The van der Waals surface area contributed by atoms with Crippen LogP contribution >= 0.6 is 15.6 Å². The average Bonchev–Trinajstić information content (AvgIpc) is 3.05. The summed E-state index contributed by atoms with van der Waals surface area (Å²) >= 11 is 0. The average molecular weight is 441 g/mol. The Balaban J connectivity index is 1.81. The number of anilines is 1. The summed E-state index contributed by atoms with van der Waals surface area (Å²) in [6.07, 6.45) is -1.77. The molecule has 0 aromatic carbocycles. The van der Waals surface area contributed by atoms with Crippen molar-refractivity contribution in [2.45, 2.75) is 31.0 Å². The lowest BCUT2D eigenvalue weighted by molar-refractivity contribution is -0.0791. The second kappa shape index (κ2) is 7.07. The Morgan fingerprint density at radius 3 is 2.64 bits per heavy atom. The van der Waals surface area contributed by atoms with Gasteiger partial charge in [-0.3, -0.25) is 9.09 Å². The van der Waals surface area contributed by atoms with E-state index in [-0.39, 0.29) is 17.0 Å². The highest BCUT2D eigenvalue weighted by Gasteiger charge is 2.54. The molecular formula is C11H17N5O10P2.